The molecule has 0 aromatic carbocycles. The molecule has 1 unspecified atom stereocenters. The van der Waals surface area contributed by atoms with Crippen molar-refractivity contribution in [3.63, 3.8) is 0 Å². The number of rotatable bonds is 2. The first-order valence-electron chi connectivity index (χ1n) is 4.26. The van der Waals surface area contributed by atoms with Crippen molar-refractivity contribution in [3.8, 4) is 0 Å². The van der Waals surface area contributed by atoms with Crippen LogP contribution in [-0.2, 0) is 0 Å². The first kappa shape index (κ1) is 8.94. The van der Waals surface area contributed by atoms with Gasteiger partial charge in [-0.2, -0.15) is 0 Å². The molecule has 1 atom stereocenters. The van der Waals surface area contributed by atoms with Crippen LogP contribution >= 0.6 is 0 Å². The highest BCUT2D eigenvalue weighted by atomic mass is 19.1. The van der Waals surface area contributed by atoms with Gasteiger partial charge in [-0.25, -0.2) is 4.39 Å². The Hall–Kier alpha value is -0.150. The SMILES string of the molecule is CCN1CCN(C)C(CF)C1. The molecule has 1 heterocycles. The minimum absolute atomic E-state index is 0.128. The van der Waals surface area contributed by atoms with Crippen molar-refractivity contribution in [1.82, 2.24) is 9.80 Å². The number of piperazine rings is 1. The Balaban J connectivity index is 2.37. The molecule has 1 fully saturated rings. The summed E-state index contributed by atoms with van der Waals surface area (Å²) in [6, 6.07) is 0.128. The Kier molecular flexibility index (Phi) is 3.27. The lowest BCUT2D eigenvalue weighted by atomic mass is 10.2. The van der Waals surface area contributed by atoms with Crippen LogP contribution in [0.25, 0.3) is 0 Å². The minimum Gasteiger partial charge on any atom is -0.301 e. The Labute approximate surface area is 68.0 Å². The second-order valence-corrected chi connectivity index (χ2v) is 3.18. The number of likely N-dealkylation sites (N-methyl/N-ethyl adjacent to an activating group) is 2. The Morgan fingerprint density at radius 1 is 1.45 bits per heavy atom. The standard InChI is InChI=1S/C8H17FN2/c1-3-11-5-4-10(2)8(6-9)7-11/h8H,3-7H2,1-2H3. The molecule has 0 aromatic rings. The predicted octanol–water partition coefficient (Wildman–Crippen LogP) is 0.592. The molecular formula is C8H17FN2. The van der Waals surface area contributed by atoms with Gasteiger partial charge in [-0.05, 0) is 13.6 Å². The van der Waals surface area contributed by atoms with E-state index < -0.39 is 0 Å². The van der Waals surface area contributed by atoms with E-state index in [-0.39, 0.29) is 12.7 Å². The van der Waals surface area contributed by atoms with Gasteiger partial charge in [0.05, 0.1) is 6.04 Å². The van der Waals surface area contributed by atoms with Gasteiger partial charge in [-0.15, -0.1) is 0 Å². The van der Waals surface area contributed by atoms with Crippen LogP contribution < -0.4 is 0 Å². The summed E-state index contributed by atoms with van der Waals surface area (Å²) >= 11 is 0. The highest BCUT2D eigenvalue weighted by Crippen LogP contribution is 2.07. The van der Waals surface area contributed by atoms with Gasteiger partial charge in [0.15, 0.2) is 0 Å². The van der Waals surface area contributed by atoms with E-state index in [1.54, 1.807) is 0 Å². The van der Waals surface area contributed by atoms with E-state index in [1.165, 1.54) is 0 Å². The largest absolute Gasteiger partial charge is 0.301 e. The first-order valence-corrected chi connectivity index (χ1v) is 4.26. The van der Waals surface area contributed by atoms with Gasteiger partial charge in [-0.1, -0.05) is 6.92 Å². The highest BCUT2D eigenvalue weighted by Gasteiger charge is 2.22. The summed E-state index contributed by atoms with van der Waals surface area (Å²) in [5.41, 5.74) is 0. The van der Waals surface area contributed by atoms with E-state index in [9.17, 15) is 4.39 Å². The smallest absolute Gasteiger partial charge is 0.106 e. The molecule has 1 aliphatic heterocycles. The zero-order chi connectivity index (χ0) is 8.27. The van der Waals surface area contributed by atoms with E-state index in [2.05, 4.69) is 16.7 Å². The molecule has 0 saturated carbocycles. The fourth-order valence-electron chi connectivity index (χ4n) is 1.46. The fourth-order valence-corrected chi connectivity index (χ4v) is 1.46. The maximum absolute atomic E-state index is 12.4. The summed E-state index contributed by atoms with van der Waals surface area (Å²) in [7, 11) is 2.00. The molecule has 0 bridgehead atoms. The maximum atomic E-state index is 12.4. The average Bonchev–Trinajstić information content (AvgIpc) is 2.05. The molecule has 1 aliphatic rings. The topological polar surface area (TPSA) is 6.48 Å². The van der Waals surface area contributed by atoms with Crippen LogP contribution in [0.5, 0.6) is 0 Å². The molecule has 2 nitrogen and oxygen atoms in total. The molecule has 0 radical (unpaired) electrons. The third-order valence-corrected chi connectivity index (χ3v) is 2.49. The monoisotopic (exact) mass is 160 g/mol. The van der Waals surface area contributed by atoms with Crippen molar-refractivity contribution in [1.29, 1.82) is 0 Å². The number of nitrogens with zero attached hydrogens (tertiary/aromatic N) is 2. The van der Waals surface area contributed by atoms with Crippen molar-refractivity contribution in [3.05, 3.63) is 0 Å². The van der Waals surface area contributed by atoms with E-state index in [0.717, 1.165) is 26.2 Å². The third-order valence-electron chi connectivity index (χ3n) is 2.49. The van der Waals surface area contributed by atoms with Crippen LogP contribution in [0.4, 0.5) is 4.39 Å². The van der Waals surface area contributed by atoms with Gasteiger partial charge >= 0.3 is 0 Å². The van der Waals surface area contributed by atoms with E-state index >= 15 is 0 Å². The molecule has 0 spiro atoms. The van der Waals surface area contributed by atoms with Gasteiger partial charge < -0.3 is 4.90 Å². The summed E-state index contributed by atoms with van der Waals surface area (Å²) in [6.07, 6.45) is 0. The van der Waals surface area contributed by atoms with Crippen molar-refractivity contribution in [2.45, 2.75) is 13.0 Å². The van der Waals surface area contributed by atoms with E-state index in [4.69, 9.17) is 0 Å². The van der Waals surface area contributed by atoms with Crippen molar-refractivity contribution < 1.29 is 4.39 Å². The molecule has 0 aliphatic carbocycles. The van der Waals surface area contributed by atoms with Gasteiger partial charge in [0.1, 0.15) is 6.67 Å². The zero-order valence-corrected chi connectivity index (χ0v) is 7.39. The lowest BCUT2D eigenvalue weighted by Crippen LogP contribution is -2.52. The number of halogens is 1. The van der Waals surface area contributed by atoms with Crippen LogP contribution in [0.1, 0.15) is 6.92 Å². The highest BCUT2D eigenvalue weighted by molar-refractivity contribution is 4.78. The quantitative estimate of drug-likeness (QED) is 0.583. The first-order chi connectivity index (χ1) is 5.27. The molecule has 66 valence electrons. The summed E-state index contributed by atoms with van der Waals surface area (Å²) in [4.78, 5) is 4.40. The predicted molar refractivity (Wildman–Crippen MR) is 44.5 cm³/mol. The normalized spacial score (nSPS) is 29.2. The second kappa shape index (κ2) is 4.02. The summed E-state index contributed by atoms with van der Waals surface area (Å²) in [5, 5.41) is 0. The molecule has 0 aromatic heterocycles. The van der Waals surface area contributed by atoms with Gasteiger partial charge in [0, 0.05) is 19.6 Å². The van der Waals surface area contributed by atoms with Crippen LogP contribution in [0.3, 0.4) is 0 Å². The maximum Gasteiger partial charge on any atom is 0.106 e. The van der Waals surface area contributed by atoms with Crippen molar-refractivity contribution in [2.75, 3.05) is 39.9 Å². The van der Waals surface area contributed by atoms with Gasteiger partial charge in [0.2, 0.25) is 0 Å². The average molecular weight is 160 g/mol. The second-order valence-electron chi connectivity index (χ2n) is 3.18. The van der Waals surface area contributed by atoms with Crippen LogP contribution in [0, 0.1) is 0 Å². The lowest BCUT2D eigenvalue weighted by molar-refractivity contribution is 0.0835. The zero-order valence-electron chi connectivity index (χ0n) is 7.39. The molecule has 11 heavy (non-hydrogen) atoms. The number of hydrogen-bond donors (Lipinski definition) is 0. The third kappa shape index (κ3) is 2.14. The van der Waals surface area contributed by atoms with Gasteiger partial charge in [0.25, 0.3) is 0 Å². The molecule has 0 N–H and O–H groups in total. The summed E-state index contributed by atoms with van der Waals surface area (Å²) in [5.74, 6) is 0. The van der Waals surface area contributed by atoms with Gasteiger partial charge in [-0.3, -0.25) is 4.90 Å². The van der Waals surface area contributed by atoms with Crippen LogP contribution in [0.2, 0.25) is 0 Å². The molecule has 3 heteroatoms. The number of alkyl halides is 1. The van der Waals surface area contributed by atoms with Crippen LogP contribution in [-0.4, -0.2) is 55.7 Å². The van der Waals surface area contributed by atoms with Crippen LogP contribution in [0.15, 0.2) is 0 Å². The molecule has 0 amide bonds. The molecule has 1 rings (SSSR count). The Bertz CT molecular complexity index is 119. The molecule has 1 saturated heterocycles. The molecular weight excluding hydrogens is 143 g/mol. The summed E-state index contributed by atoms with van der Waals surface area (Å²) < 4.78 is 12.4. The Morgan fingerprint density at radius 3 is 2.73 bits per heavy atom. The van der Waals surface area contributed by atoms with Crippen molar-refractivity contribution >= 4 is 0 Å². The lowest BCUT2D eigenvalue weighted by Gasteiger charge is -2.37. The van der Waals surface area contributed by atoms with E-state index in [1.807, 2.05) is 7.05 Å². The summed E-state index contributed by atoms with van der Waals surface area (Å²) in [6.45, 7) is 5.94. The Morgan fingerprint density at radius 2 is 2.18 bits per heavy atom. The minimum atomic E-state index is -0.215. The number of hydrogen-bond acceptors (Lipinski definition) is 2. The van der Waals surface area contributed by atoms with Crippen molar-refractivity contribution in [2.24, 2.45) is 0 Å². The van der Waals surface area contributed by atoms with E-state index in [0.29, 0.717) is 0 Å². The fraction of sp³-hybridized carbons (Fsp3) is 1.00.